The van der Waals surface area contributed by atoms with Crippen molar-refractivity contribution in [2.75, 3.05) is 36.1 Å². The fourth-order valence-electron chi connectivity index (χ4n) is 2.41. The number of nitrogen functional groups attached to an aromatic ring is 1. The summed E-state index contributed by atoms with van der Waals surface area (Å²) in [4.78, 5) is 14.0. The minimum absolute atomic E-state index is 0.227. The van der Waals surface area contributed by atoms with Crippen LogP contribution in [-0.2, 0) is 4.74 Å². The second-order valence-corrected chi connectivity index (χ2v) is 7.33. The first-order valence-corrected chi connectivity index (χ1v) is 7.87. The number of nitrogens with zero attached hydrogens (tertiary/aromatic N) is 1. The van der Waals surface area contributed by atoms with E-state index in [4.69, 9.17) is 10.5 Å². The Balaban J connectivity index is 2.19. The van der Waals surface area contributed by atoms with Gasteiger partial charge in [-0.2, -0.15) is 11.8 Å². The van der Waals surface area contributed by atoms with Crippen molar-refractivity contribution in [1.29, 1.82) is 0 Å². The first-order valence-electron chi connectivity index (χ1n) is 6.88. The van der Waals surface area contributed by atoms with Gasteiger partial charge in [-0.25, -0.2) is 4.79 Å². The molecular weight excluding hydrogens is 272 g/mol. The molecule has 0 atom stereocenters. The van der Waals surface area contributed by atoms with Gasteiger partial charge in [-0.15, -0.1) is 0 Å². The minimum Gasteiger partial charge on any atom is -0.462 e. The zero-order valence-corrected chi connectivity index (χ0v) is 13.1. The average molecular weight is 294 g/mol. The quantitative estimate of drug-likeness (QED) is 0.686. The monoisotopic (exact) mass is 294 g/mol. The van der Waals surface area contributed by atoms with Crippen molar-refractivity contribution in [1.82, 2.24) is 0 Å². The van der Waals surface area contributed by atoms with Crippen LogP contribution in [0.25, 0.3) is 0 Å². The van der Waals surface area contributed by atoms with Crippen LogP contribution in [0.5, 0.6) is 0 Å². The number of rotatable bonds is 3. The molecule has 0 amide bonds. The summed E-state index contributed by atoms with van der Waals surface area (Å²) in [5.74, 6) is 0.770. The van der Waals surface area contributed by atoms with Gasteiger partial charge in [0, 0.05) is 23.6 Å². The molecule has 0 radical (unpaired) electrons. The molecule has 1 aromatic rings. The van der Waals surface area contributed by atoms with Crippen LogP contribution in [0.4, 0.5) is 11.4 Å². The first kappa shape index (κ1) is 15.0. The van der Waals surface area contributed by atoms with Crippen LogP contribution in [0.2, 0.25) is 0 Å². The summed E-state index contributed by atoms with van der Waals surface area (Å²) in [6, 6.07) is 5.42. The number of hydrogen-bond acceptors (Lipinski definition) is 5. The lowest BCUT2D eigenvalue weighted by molar-refractivity contribution is 0.0526. The molecule has 110 valence electrons. The smallest absolute Gasteiger partial charge is 0.338 e. The highest BCUT2D eigenvalue weighted by molar-refractivity contribution is 8.00. The van der Waals surface area contributed by atoms with Crippen LogP contribution in [0.15, 0.2) is 18.2 Å². The maximum atomic E-state index is 11.7. The number of nitrogens with two attached hydrogens (primary N) is 1. The van der Waals surface area contributed by atoms with E-state index in [0.717, 1.165) is 24.5 Å². The summed E-state index contributed by atoms with van der Waals surface area (Å²) in [6.07, 6.45) is 0. The standard InChI is InChI=1S/C15H22N2O2S/c1-4-19-14(18)11-5-6-13(12(16)9-11)17-7-8-20-15(2,3)10-17/h5-6,9H,4,7-8,10,16H2,1-3H3. The van der Waals surface area contributed by atoms with E-state index in [1.54, 1.807) is 19.1 Å². The third-order valence-electron chi connectivity index (χ3n) is 3.30. The third-order valence-corrected chi connectivity index (χ3v) is 4.60. The predicted octanol–water partition coefficient (Wildman–Crippen LogP) is 2.78. The van der Waals surface area contributed by atoms with E-state index in [2.05, 4.69) is 18.7 Å². The Morgan fingerprint density at radius 2 is 2.25 bits per heavy atom. The van der Waals surface area contributed by atoms with Crippen LogP contribution in [0.3, 0.4) is 0 Å². The molecule has 20 heavy (non-hydrogen) atoms. The van der Waals surface area contributed by atoms with Crippen molar-refractivity contribution in [2.24, 2.45) is 0 Å². The van der Waals surface area contributed by atoms with Gasteiger partial charge in [0.25, 0.3) is 0 Å². The highest BCUT2D eigenvalue weighted by atomic mass is 32.2. The maximum absolute atomic E-state index is 11.7. The van der Waals surface area contributed by atoms with Gasteiger partial charge >= 0.3 is 5.97 Å². The number of ether oxygens (including phenoxy) is 1. The third kappa shape index (κ3) is 3.39. The maximum Gasteiger partial charge on any atom is 0.338 e. The molecule has 2 N–H and O–H groups in total. The molecule has 0 spiro atoms. The Labute approximate surface area is 124 Å². The molecule has 2 rings (SSSR count). The number of esters is 1. The normalized spacial score (nSPS) is 17.9. The Kier molecular flexibility index (Phi) is 4.48. The summed E-state index contributed by atoms with van der Waals surface area (Å²) in [6.45, 7) is 8.60. The van der Waals surface area contributed by atoms with E-state index in [9.17, 15) is 4.79 Å². The van der Waals surface area contributed by atoms with Gasteiger partial charge < -0.3 is 15.4 Å². The van der Waals surface area contributed by atoms with Crippen LogP contribution in [-0.4, -0.2) is 36.2 Å². The number of thioether (sulfide) groups is 1. The molecule has 1 aliphatic rings. The molecule has 0 aliphatic carbocycles. The van der Waals surface area contributed by atoms with E-state index in [-0.39, 0.29) is 10.7 Å². The molecule has 1 heterocycles. The lowest BCUT2D eigenvalue weighted by atomic mass is 10.1. The Morgan fingerprint density at radius 1 is 1.50 bits per heavy atom. The molecule has 0 saturated carbocycles. The largest absolute Gasteiger partial charge is 0.462 e. The van der Waals surface area contributed by atoms with Crippen molar-refractivity contribution in [3.63, 3.8) is 0 Å². The molecule has 0 unspecified atom stereocenters. The molecule has 0 bridgehead atoms. The Hall–Kier alpha value is -1.36. The summed E-state index contributed by atoms with van der Waals surface area (Å²) >= 11 is 1.98. The van der Waals surface area contributed by atoms with Crippen molar-refractivity contribution >= 4 is 29.1 Å². The van der Waals surface area contributed by atoms with Gasteiger partial charge in [-0.3, -0.25) is 0 Å². The predicted molar refractivity (Wildman–Crippen MR) is 85.6 cm³/mol. The molecule has 5 heteroatoms. The number of anilines is 2. The van der Waals surface area contributed by atoms with Gasteiger partial charge in [0.05, 0.1) is 23.5 Å². The van der Waals surface area contributed by atoms with Gasteiger partial charge in [-0.05, 0) is 39.0 Å². The minimum atomic E-state index is -0.319. The van der Waals surface area contributed by atoms with Crippen molar-refractivity contribution in [3.05, 3.63) is 23.8 Å². The molecule has 0 aromatic heterocycles. The number of carbonyl (C=O) groups excluding carboxylic acids is 1. The van der Waals surface area contributed by atoms with Crippen molar-refractivity contribution in [2.45, 2.75) is 25.5 Å². The lowest BCUT2D eigenvalue weighted by Gasteiger charge is -2.39. The van der Waals surface area contributed by atoms with E-state index in [1.165, 1.54) is 0 Å². The van der Waals surface area contributed by atoms with Gasteiger partial charge in [0.2, 0.25) is 0 Å². The van der Waals surface area contributed by atoms with Crippen LogP contribution >= 0.6 is 11.8 Å². The van der Waals surface area contributed by atoms with Gasteiger partial charge in [-0.1, -0.05) is 0 Å². The van der Waals surface area contributed by atoms with E-state index >= 15 is 0 Å². The fourth-order valence-corrected chi connectivity index (χ4v) is 3.52. The Morgan fingerprint density at radius 3 is 2.85 bits per heavy atom. The second kappa shape index (κ2) is 5.95. The van der Waals surface area contributed by atoms with Crippen LogP contribution in [0.1, 0.15) is 31.1 Å². The molecule has 1 fully saturated rings. The number of hydrogen-bond donors (Lipinski definition) is 1. The molecule has 4 nitrogen and oxygen atoms in total. The van der Waals surface area contributed by atoms with Crippen LogP contribution in [0, 0.1) is 0 Å². The molecule has 1 aliphatic heterocycles. The summed E-state index contributed by atoms with van der Waals surface area (Å²) in [5.41, 5.74) is 8.27. The van der Waals surface area contributed by atoms with E-state index < -0.39 is 0 Å². The summed E-state index contributed by atoms with van der Waals surface area (Å²) in [7, 11) is 0. The molecule has 1 aromatic carbocycles. The highest BCUT2D eigenvalue weighted by Crippen LogP contribution is 2.34. The van der Waals surface area contributed by atoms with Crippen molar-refractivity contribution < 1.29 is 9.53 Å². The fraction of sp³-hybridized carbons (Fsp3) is 0.533. The van der Waals surface area contributed by atoms with Crippen LogP contribution < -0.4 is 10.6 Å². The topological polar surface area (TPSA) is 55.6 Å². The van der Waals surface area contributed by atoms with Gasteiger partial charge in [0.1, 0.15) is 0 Å². The summed E-state index contributed by atoms with van der Waals surface area (Å²) < 4.78 is 5.22. The summed E-state index contributed by atoms with van der Waals surface area (Å²) in [5, 5.41) is 0. The SMILES string of the molecule is CCOC(=O)c1ccc(N2CCSC(C)(C)C2)c(N)c1. The number of carbonyl (C=O) groups is 1. The van der Waals surface area contributed by atoms with E-state index in [1.807, 2.05) is 17.8 Å². The second-order valence-electron chi connectivity index (χ2n) is 5.52. The zero-order valence-electron chi connectivity index (χ0n) is 12.3. The van der Waals surface area contributed by atoms with E-state index in [0.29, 0.717) is 17.9 Å². The highest BCUT2D eigenvalue weighted by Gasteiger charge is 2.28. The lowest BCUT2D eigenvalue weighted by Crippen LogP contribution is -2.43. The first-order chi connectivity index (χ1) is 9.43. The average Bonchev–Trinajstić information content (AvgIpc) is 2.37. The van der Waals surface area contributed by atoms with Crippen molar-refractivity contribution in [3.8, 4) is 0 Å². The Bertz CT molecular complexity index is 503. The zero-order chi connectivity index (χ0) is 14.8. The molecular formula is C15H22N2O2S. The molecule has 1 saturated heterocycles. The van der Waals surface area contributed by atoms with Gasteiger partial charge in [0.15, 0.2) is 0 Å². The number of benzene rings is 1.